The van der Waals surface area contributed by atoms with Gasteiger partial charge >= 0.3 is 12.0 Å². The van der Waals surface area contributed by atoms with Crippen molar-refractivity contribution in [2.24, 2.45) is 0 Å². The van der Waals surface area contributed by atoms with E-state index in [0.29, 0.717) is 35.9 Å². The summed E-state index contributed by atoms with van der Waals surface area (Å²) in [5, 5.41) is 5.43. The Labute approximate surface area is 159 Å². The van der Waals surface area contributed by atoms with Gasteiger partial charge in [0.2, 0.25) is 0 Å². The molecule has 0 bridgehead atoms. The molecule has 0 radical (unpaired) electrons. The SMILES string of the molecule is CCOC(=O)C1=C(CN(C)Cc2ccc(OC)cc2OC)NC(=O)NC1C. The zero-order valence-electron chi connectivity index (χ0n) is 16.4. The molecular weight excluding hydrogens is 350 g/mol. The number of carbonyl (C=O) groups is 2. The fourth-order valence-electron chi connectivity index (χ4n) is 3.00. The molecule has 148 valence electrons. The molecule has 0 aromatic heterocycles. The van der Waals surface area contributed by atoms with E-state index >= 15 is 0 Å². The monoisotopic (exact) mass is 377 g/mol. The Morgan fingerprint density at radius 1 is 1.22 bits per heavy atom. The number of nitrogens with one attached hydrogen (secondary N) is 2. The number of likely N-dealkylation sites (N-methyl/N-ethyl adjacent to an activating group) is 1. The van der Waals surface area contributed by atoms with Crippen molar-refractivity contribution in [1.29, 1.82) is 0 Å². The molecule has 27 heavy (non-hydrogen) atoms. The number of benzene rings is 1. The molecule has 2 rings (SSSR count). The molecule has 1 aromatic carbocycles. The van der Waals surface area contributed by atoms with Crippen LogP contribution in [0, 0.1) is 0 Å². The summed E-state index contributed by atoms with van der Waals surface area (Å²) in [5.74, 6) is 0.997. The van der Waals surface area contributed by atoms with E-state index in [2.05, 4.69) is 10.6 Å². The quantitative estimate of drug-likeness (QED) is 0.670. The molecule has 0 saturated heterocycles. The molecule has 2 N–H and O–H groups in total. The summed E-state index contributed by atoms with van der Waals surface area (Å²) in [4.78, 5) is 26.2. The van der Waals surface area contributed by atoms with Crippen LogP contribution in [-0.4, -0.2) is 57.4 Å². The number of hydrogen-bond acceptors (Lipinski definition) is 6. The average Bonchev–Trinajstić information content (AvgIpc) is 2.61. The molecule has 0 saturated carbocycles. The standard InChI is InChI=1S/C19H27N3O5/c1-6-27-18(23)17-12(2)20-19(24)21-15(17)11-22(3)10-13-7-8-14(25-4)9-16(13)26-5/h7-9,12H,6,10-11H2,1-5H3,(H2,20,21,24). The molecule has 2 amide bonds. The minimum absolute atomic E-state index is 0.273. The predicted molar refractivity (Wildman–Crippen MR) is 101 cm³/mol. The molecule has 1 aliphatic rings. The number of hydrogen-bond donors (Lipinski definition) is 2. The molecule has 1 atom stereocenters. The number of nitrogens with zero attached hydrogens (tertiary/aromatic N) is 1. The van der Waals surface area contributed by atoms with E-state index in [1.165, 1.54) is 0 Å². The maximum absolute atomic E-state index is 12.3. The van der Waals surface area contributed by atoms with Gasteiger partial charge in [-0.15, -0.1) is 0 Å². The van der Waals surface area contributed by atoms with E-state index in [-0.39, 0.29) is 12.6 Å². The summed E-state index contributed by atoms with van der Waals surface area (Å²) < 4.78 is 15.8. The van der Waals surface area contributed by atoms with E-state index in [1.807, 2.05) is 30.1 Å². The first kappa shape index (κ1) is 20.6. The van der Waals surface area contributed by atoms with Crippen LogP contribution in [0.1, 0.15) is 19.4 Å². The number of esters is 1. The normalized spacial score (nSPS) is 16.7. The van der Waals surface area contributed by atoms with Crippen LogP contribution in [0.15, 0.2) is 29.5 Å². The second-order valence-electron chi connectivity index (χ2n) is 6.28. The minimum Gasteiger partial charge on any atom is -0.497 e. The van der Waals surface area contributed by atoms with E-state index in [9.17, 15) is 9.59 Å². The molecule has 1 aliphatic heterocycles. The maximum atomic E-state index is 12.3. The summed E-state index contributed by atoms with van der Waals surface area (Å²) in [6, 6.07) is 4.86. The molecule has 0 aliphatic carbocycles. The Balaban J connectivity index is 2.21. The van der Waals surface area contributed by atoms with Gasteiger partial charge in [-0.1, -0.05) is 6.07 Å². The fourth-order valence-corrected chi connectivity index (χ4v) is 3.00. The Hall–Kier alpha value is -2.74. The molecule has 8 heteroatoms. The Morgan fingerprint density at radius 2 is 1.96 bits per heavy atom. The third-order valence-corrected chi connectivity index (χ3v) is 4.23. The highest BCUT2D eigenvalue weighted by atomic mass is 16.5. The lowest BCUT2D eigenvalue weighted by Gasteiger charge is -2.29. The third-order valence-electron chi connectivity index (χ3n) is 4.23. The van der Waals surface area contributed by atoms with Gasteiger partial charge in [-0.3, -0.25) is 4.90 Å². The van der Waals surface area contributed by atoms with Gasteiger partial charge in [0.25, 0.3) is 0 Å². The number of carbonyl (C=O) groups excluding carboxylic acids is 2. The highest BCUT2D eigenvalue weighted by molar-refractivity contribution is 5.94. The first-order chi connectivity index (χ1) is 12.9. The first-order valence-electron chi connectivity index (χ1n) is 8.76. The molecule has 1 aromatic rings. The van der Waals surface area contributed by atoms with Gasteiger partial charge in [-0.2, -0.15) is 0 Å². The van der Waals surface area contributed by atoms with Crippen LogP contribution in [0.2, 0.25) is 0 Å². The van der Waals surface area contributed by atoms with Crippen molar-refractivity contribution >= 4 is 12.0 Å². The highest BCUT2D eigenvalue weighted by Gasteiger charge is 2.30. The number of methoxy groups -OCH3 is 2. The Kier molecular flexibility index (Phi) is 7.06. The first-order valence-corrected chi connectivity index (χ1v) is 8.76. The summed E-state index contributed by atoms with van der Waals surface area (Å²) in [7, 11) is 5.11. The van der Waals surface area contributed by atoms with Gasteiger partial charge in [0.15, 0.2) is 0 Å². The molecule has 0 fully saturated rings. The molecule has 8 nitrogen and oxygen atoms in total. The van der Waals surface area contributed by atoms with Gasteiger partial charge in [0.1, 0.15) is 11.5 Å². The molecule has 1 heterocycles. The van der Waals surface area contributed by atoms with Gasteiger partial charge < -0.3 is 24.8 Å². The highest BCUT2D eigenvalue weighted by Crippen LogP contribution is 2.26. The van der Waals surface area contributed by atoms with Crippen molar-refractivity contribution < 1.29 is 23.8 Å². The topological polar surface area (TPSA) is 89.1 Å². The Morgan fingerprint density at radius 3 is 2.59 bits per heavy atom. The Bertz CT molecular complexity index is 732. The van der Waals surface area contributed by atoms with Crippen LogP contribution < -0.4 is 20.1 Å². The van der Waals surface area contributed by atoms with Crippen molar-refractivity contribution in [2.75, 3.05) is 34.4 Å². The second-order valence-corrected chi connectivity index (χ2v) is 6.28. The zero-order valence-corrected chi connectivity index (χ0v) is 16.4. The van der Waals surface area contributed by atoms with Crippen LogP contribution >= 0.6 is 0 Å². The van der Waals surface area contributed by atoms with Crippen molar-refractivity contribution in [2.45, 2.75) is 26.4 Å². The lowest BCUT2D eigenvalue weighted by molar-refractivity contribution is -0.139. The van der Waals surface area contributed by atoms with E-state index in [0.717, 1.165) is 5.56 Å². The van der Waals surface area contributed by atoms with Crippen LogP contribution in [0.4, 0.5) is 4.79 Å². The van der Waals surface area contributed by atoms with Gasteiger partial charge in [0, 0.05) is 30.4 Å². The molecule has 1 unspecified atom stereocenters. The van der Waals surface area contributed by atoms with E-state index in [4.69, 9.17) is 14.2 Å². The molecule has 0 spiro atoms. The number of ether oxygens (including phenoxy) is 3. The van der Waals surface area contributed by atoms with Gasteiger partial charge in [-0.05, 0) is 27.0 Å². The summed E-state index contributed by atoms with van der Waals surface area (Å²) in [6.07, 6.45) is 0. The minimum atomic E-state index is -0.428. The predicted octanol–water partition coefficient (Wildman–Crippen LogP) is 1.65. The van der Waals surface area contributed by atoms with E-state index < -0.39 is 12.0 Å². The number of rotatable bonds is 8. The van der Waals surface area contributed by atoms with Crippen LogP contribution in [-0.2, 0) is 16.1 Å². The van der Waals surface area contributed by atoms with Crippen molar-refractivity contribution in [1.82, 2.24) is 15.5 Å². The van der Waals surface area contributed by atoms with Crippen LogP contribution in [0.25, 0.3) is 0 Å². The fraction of sp³-hybridized carbons (Fsp3) is 0.474. The van der Waals surface area contributed by atoms with Crippen molar-refractivity contribution in [3.05, 3.63) is 35.0 Å². The molecular formula is C19H27N3O5. The summed E-state index contributed by atoms with van der Waals surface area (Å²) in [6.45, 7) is 4.72. The zero-order chi connectivity index (χ0) is 20.0. The summed E-state index contributed by atoms with van der Waals surface area (Å²) >= 11 is 0. The smallest absolute Gasteiger partial charge is 0.337 e. The van der Waals surface area contributed by atoms with Crippen molar-refractivity contribution in [3.8, 4) is 11.5 Å². The van der Waals surface area contributed by atoms with Gasteiger partial charge in [-0.25, -0.2) is 9.59 Å². The lowest BCUT2D eigenvalue weighted by Crippen LogP contribution is -2.51. The lowest BCUT2D eigenvalue weighted by atomic mass is 10.0. The van der Waals surface area contributed by atoms with Gasteiger partial charge in [0.05, 0.1) is 32.4 Å². The van der Waals surface area contributed by atoms with Crippen molar-refractivity contribution in [3.63, 3.8) is 0 Å². The van der Waals surface area contributed by atoms with Crippen LogP contribution in [0.3, 0.4) is 0 Å². The van der Waals surface area contributed by atoms with E-state index in [1.54, 1.807) is 28.1 Å². The summed E-state index contributed by atoms with van der Waals surface area (Å²) in [5.41, 5.74) is 1.94. The number of urea groups is 1. The third kappa shape index (κ3) is 5.13. The number of amides is 2. The largest absolute Gasteiger partial charge is 0.497 e. The van der Waals surface area contributed by atoms with Crippen LogP contribution in [0.5, 0.6) is 11.5 Å². The second kappa shape index (κ2) is 9.27. The average molecular weight is 377 g/mol. The maximum Gasteiger partial charge on any atom is 0.337 e.